The minimum atomic E-state index is -4.51. The van der Waals surface area contributed by atoms with Crippen LogP contribution >= 0.6 is 11.6 Å². The van der Waals surface area contributed by atoms with E-state index in [1.54, 1.807) is 0 Å². The first kappa shape index (κ1) is 13.8. The van der Waals surface area contributed by atoms with Crippen LogP contribution in [0.1, 0.15) is 36.6 Å². The molecule has 5 unspecified atom stereocenters. The highest BCUT2D eigenvalue weighted by Crippen LogP contribution is 2.72. The molecule has 3 aliphatic rings. The van der Waals surface area contributed by atoms with Gasteiger partial charge in [0.1, 0.15) is 10.8 Å². The third-order valence-electron chi connectivity index (χ3n) is 5.65. The second kappa shape index (κ2) is 4.35. The summed E-state index contributed by atoms with van der Waals surface area (Å²) in [6.45, 7) is 0. The SMILES string of the molecule is OC(c1ccc(C(F)(F)F)nc1Cl)C1C2C3CCC(C3)C21. The zero-order valence-electron chi connectivity index (χ0n) is 11.1. The summed E-state index contributed by atoms with van der Waals surface area (Å²) in [6, 6.07) is 2.18. The Hall–Kier alpha value is -0.810. The van der Waals surface area contributed by atoms with Crippen molar-refractivity contribution in [2.24, 2.45) is 29.6 Å². The molecule has 1 heterocycles. The zero-order chi connectivity index (χ0) is 14.9. The lowest BCUT2D eigenvalue weighted by Crippen LogP contribution is -2.12. The van der Waals surface area contributed by atoms with Crippen LogP contribution in [0.2, 0.25) is 5.15 Å². The van der Waals surface area contributed by atoms with Gasteiger partial charge in [-0.15, -0.1) is 0 Å². The van der Waals surface area contributed by atoms with Crippen molar-refractivity contribution in [1.29, 1.82) is 0 Å². The van der Waals surface area contributed by atoms with Gasteiger partial charge in [0.25, 0.3) is 0 Å². The van der Waals surface area contributed by atoms with Gasteiger partial charge in [-0.25, -0.2) is 4.98 Å². The van der Waals surface area contributed by atoms with Crippen molar-refractivity contribution < 1.29 is 18.3 Å². The molecule has 1 aromatic heterocycles. The number of pyridine rings is 1. The number of aliphatic hydroxyl groups excluding tert-OH is 1. The molecular formula is C15H15ClF3NO. The lowest BCUT2D eigenvalue weighted by molar-refractivity contribution is -0.141. The highest BCUT2D eigenvalue weighted by atomic mass is 35.5. The number of rotatable bonds is 2. The quantitative estimate of drug-likeness (QED) is 0.834. The molecule has 0 aromatic carbocycles. The van der Waals surface area contributed by atoms with Crippen LogP contribution < -0.4 is 0 Å². The summed E-state index contributed by atoms with van der Waals surface area (Å²) in [4.78, 5) is 3.40. The van der Waals surface area contributed by atoms with Gasteiger partial charge in [0.2, 0.25) is 0 Å². The fourth-order valence-electron chi connectivity index (χ4n) is 4.85. The van der Waals surface area contributed by atoms with Crippen molar-refractivity contribution in [1.82, 2.24) is 4.98 Å². The second-order valence-corrected chi connectivity index (χ2v) is 6.94. The molecule has 2 nitrogen and oxygen atoms in total. The summed E-state index contributed by atoms with van der Waals surface area (Å²) in [6.07, 6.45) is -1.58. The predicted molar refractivity (Wildman–Crippen MR) is 70.5 cm³/mol. The van der Waals surface area contributed by atoms with Gasteiger partial charge in [0.05, 0.1) is 6.10 Å². The number of nitrogens with zero attached hydrogens (tertiary/aromatic N) is 1. The van der Waals surface area contributed by atoms with Gasteiger partial charge in [-0.2, -0.15) is 13.2 Å². The second-order valence-electron chi connectivity index (χ2n) is 6.58. The van der Waals surface area contributed by atoms with Crippen LogP contribution in [-0.2, 0) is 6.18 Å². The third-order valence-corrected chi connectivity index (χ3v) is 5.95. The van der Waals surface area contributed by atoms with Crippen molar-refractivity contribution in [3.8, 4) is 0 Å². The lowest BCUT2D eigenvalue weighted by atomic mass is 9.95. The van der Waals surface area contributed by atoms with Gasteiger partial charge in [0, 0.05) is 5.56 Å². The molecule has 2 bridgehead atoms. The maximum atomic E-state index is 12.6. The fourth-order valence-corrected chi connectivity index (χ4v) is 5.11. The van der Waals surface area contributed by atoms with Gasteiger partial charge in [-0.3, -0.25) is 0 Å². The van der Waals surface area contributed by atoms with Crippen LogP contribution in [0.25, 0.3) is 0 Å². The van der Waals surface area contributed by atoms with E-state index in [1.807, 2.05) is 0 Å². The van der Waals surface area contributed by atoms with E-state index in [-0.39, 0.29) is 11.1 Å². The molecule has 0 amide bonds. The summed E-state index contributed by atoms with van der Waals surface area (Å²) in [5.41, 5.74) is -0.678. The van der Waals surface area contributed by atoms with Crippen LogP contribution in [0.15, 0.2) is 12.1 Å². The smallest absolute Gasteiger partial charge is 0.388 e. The molecular weight excluding hydrogens is 303 g/mol. The Bertz CT molecular complexity index is 575. The number of hydrogen-bond donors (Lipinski definition) is 1. The standard InChI is InChI=1S/C15H15ClF3NO/c16-14-8(3-4-9(20-14)15(17,18)19)13(21)12-10-6-1-2-7(5-6)11(10)12/h3-4,6-7,10-13,21H,1-2,5H2. The van der Waals surface area contributed by atoms with Crippen LogP contribution in [0, 0.1) is 29.6 Å². The number of halogens is 4. The molecule has 0 spiro atoms. The number of aliphatic hydroxyl groups is 1. The molecule has 4 rings (SSSR count). The molecule has 1 N–H and O–H groups in total. The van der Waals surface area contributed by atoms with Gasteiger partial charge in [-0.1, -0.05) is 17.7 Å². The molecule has 6 heteroatoms. The van der Waals surface area contributed by atoms with E-state index in [4.69, 9.17) is 11.6 Å². The van der Waals surface area contributed by atoms with E-state index >= 15 is 0 Å². The molecule has 1 aromatic rings. The Morgan fingerprint density at radius 3 is 2.33 bits per heavy atom. The summed E-state index contributed by atoms with van der Waals surface area (Å²) >= 11 is 5.88. The monoisotopic (exact) mass is 317 g/mol. The molecule has 3 aliphatic carbocycles. The predicted octanol–water partition coefficient (Wildman–Crippen LogP) is 4.08. The van der Waals surface area contributed by atoms with Crippen molar-refractivity contribution in [2.75, 3.05) is 0 Å². The average molecular weight is 318 g/mol. The van der Waals surface area contributed by atoms with Crippen molar-refractivity contribution >= 4 is 11.6 Å². The third kappa shape index (κ3) is 2.00. The largest absolute Gasteiger partial charge is 0.433 e. The maximum Gasteiger partial charge on any atom is 0.433 e. The summed E-state index contributed by atoms with van der Waals surface area (Å²) in [5.74, 6) is 2.63. The van der Waals surface area contributed by atoms with Gasteiger partial charge >= 0.3 is 6.18 Å². The highest BCUT2D eigenvalue weighted by Gasteiger charge is 2.67. The Kier molecular flexibility index (Phi) is 2.87. The Balaban J connectivity index is 1.57. The first-order valence-corrected chi connectivity index (χ1v) is 7.67. The first-order valence-electron chi connectivity index (χ1n) is 7.29. The van der Waals surface area contributed by atoms with Crippen LogP contribution in [0.5, 0.6) is 0 Å². The van der Waals surface area contributed by atoms with Crippen LogP contribution in [-0.4, -0.2) is 10.1 Å². The van der Waals surface area contributed by atoms with Gasteiger partial charge in [-0.05, 0) is 54.9 Å². The van der Waals surface area contributed by atoms with Crippen molar-refractivity contribution in [3.05, 3.63) is 28.5 Å². The number of aromatic nitrogens is 1. The minimum Gasteiger partial charge on any atom is -0.388 e. The van der Waals surface area contributed by atoms with Crippen LogP contribution in [0.4, 0.5) is 13.2 Å². The molecule has 5 atom stereocenters. The van der Waals surface area contributed by atoms with Gasteiger partial charge < -0.3 is 5.11 Å². The lowest BCUT2D eigenvalue weighted by Gasteiger charge is -2.17. The Morgan fingerprint density at radius 2 is 1.81 bits per heavy atom. The number of fused-ring (bicyclic) bond motifs is 5. The molecule has 3 fully saturated rings. The van der Waals surface area contributed by atoms with Crippen molar-refractivity contribution in [3.63, 3.8) is 0 Å². The van der Waals surface area contributed by atoms with E-state index in [0.29, 0.717) is 29.2 Å². The normalized spacial score (nSPS) is 38.4. The Morgan fingerprint density at radius 1 is 1.19 bits per heavy atom. The van der Waals surface area contributed by atoms with Gasteiger partial charge in [0.15, 0.2) is 0 Å². The zero-order valence-corrected chi connectivity index (χ0v) is 11.9. The molecule has 114 valence electrons. The summed E-state index contributed by atoms with van der Waals surface area (Å²) in [5, 5.41) is 10.3. The number of hydrogen-bond acceptors (Lipinski definition) is 2. The van der Waals surface area contributed by atoms with E-state index in [9.17, 15) is 18.3 Å². The highest BCUT2D eigenvalue weighted by molar-refractivity contribution is 6.30. The fraction of sp³-hybridized carbons (Fsp3) is 0.667. The van der Waals surface area contributed by atoms with Crippen LogP contribution in [0.3, 0.4) is 0 Å². The molecule has 0 saturated heterocycles. The van der Waals surface area contributed by atoms with E-state index in [2.05, 4.69) is 4.98 Å². The van der Waals surface area contributed by atoms with E-state index in [0.717, 1.165) is 6.07 Å². The maximum absolute atomic E-state index is 12.6. The minimum absolute atomic E-state index is 0.160. The molecule has 21 heavy (non-hydrogen) atoms. The van der Waals surface area contributed by atoms with E-state index in [1.165, 1.54) is 25.3 Å². The summed E-state index contributed by atoms with van der Waals surface area (Å²) in [7, 11) is 0. The number of alkyl halides is 3. The first-order chi connectivity index (χ1) is 9.88. The van der Waals surface area contributed by atoms with E-state index < -0.39 is 18.0 Å². The van der Waals surface area contributed by atoms with Crippen molar-refractivity contribution in [2.45, 2.75) is 31.5 Å². The topological polar surface area (TPSA) is 33.1 Å². The molecule has 3 saturated carbocycles. The Labute approximate surface area is 125 Å². The molecule has 0 radical (unpaired) electrons. The molecule has 0 aliphatic heterocycles. The summed E-state index contributed by atoms with van der Waals surface area (Å²) < 4.78 is 37.8. The average Bonchev–Trinajstić information content (AvgIpc) is 2.85.